The zero-order valence-electron chi connectivity index (χ0n) is 18.3. The molecule has 1 N–H and O–H groups in total. The van der Waals surface area contributed by atoms with Crippen LogP contribution in [0.25, 0.3) is 0 Å². The first-order valence-corrected chi connectivity index (χ1v) is 9.99. The number of hydrogen-bond donors (Lipinski definition) is 1. The van der Waals surface area contributed by atoms with E-state index in [1.165, 1.54) is 0 Å². The van der Waals surface area contributed by atoms with Crippen LogP contribution in [0.1, 0.15) is 51.8 Å². The zero-order valence-corrected chi connectivity index (χ0v) is 18.3. The number of aromatic nitrogens is 1. The zero-order chi connectivity index (χ0) is 21.4. The van der Waals surface area contributed by atoms with Crippen molar-refractivity contribution in [2.24, 2.45) is 0 Å². The number of methoxy groups -OCH3 is 1. The van der Waals surface area contributed by atoms with E-state index in [0.29, 0.717) is 36.4 Å². The van der Waals surface area contributed by atoms with Gasteiger partial charge >= 0.3 is 0 Å². The summed E-state index contributed by atoms with van der Waals surface area (Å²) in [4.78, 5) is 6.59. The molecule has 0 spiro atoms. The first kappa shape index (κ1) is 22.6. The fourth-order valence-electron chi connectivity index (χ4n) is 2.79. The van der Waals surface area contributed by atoms with E-state index in [-0.39, 0.29) is 11.1 Å². The topological polar surface area (TPSA) is 83.5 Å². The number of nitrogens with one attached hydrogen (secondary N) is 1. The first-order valence-electron chi connectivity index (χ1n) is 9.99. The molecular formula is C22H32N4O3. The highest BCUT2D eigenvalue weighted by Crippen LogP contribution is 2.30. The summed E-state index contributed by atoms with van der Waals surface area (Å²) in [5.41, 5.74) is 0.984. The maximum atomic E-state index is 9.34. The SMILES string of the molecule is CCN(CC)CCOc1cc(CNc2oc(C(C)(C)C)nc2C#N)ccc1OC. The van der Waals surface area contributed by atoms with E-state index < -0.39 is 0 Å². The lowest BCUT2D eigenvalue weighted by Crippen LogP contribution is -2.28. The number of rotatable bonds is 10. The predicted molar refractivity (Wildman–Crippen MR) is 114 cm³/mol. The van der Waals surface area contributed by atoms with Gasteiger partial charge < -0.3 is 24.1 Å². The van der Waals surface area contributed by atoms with Crippen molar-refractivity contribution in [3.63, 3.8) is 0 Å². The molecule has 2 rings (SSSR count). The normalized spacial score (nSPS) is 11.4. The highest BCUT2D eigenvalue weighted by atomic mass is 16.5. The molecule has 0 aliphatic rings. The highest BCUT2D eigenvalue weighted by molar-refractivity contribution is 5.48. The quantitative estimate of drug-likeness (QED) is 0.640. The molecule has 1 aromatic heterocycles. The Bertz CT molecular complexity index is 830. The van der Waals surface area contributed by atoms with Crippen LogP contribution < -0.4 is 14.8 Å². The van der Waals surface area contributed by atoms with Crippen molar-refractivity contribution in [2.75, 3.05) is 38.7 Å². The molecule has 0 atom stereocenters. The summed E-state index contributed by atoms with van der Waals surface area (Å²) in [5.74, 6) is 2.32. The van der Waals surface area contributed by atoms with Crippen LogP contribution in [0.2, 0.25) is 0 Å². The third-order valence-electron chi connectivity index (χ3n) is 4.62. The summed E-state index contributed by atoms with van der Waals surface area (Å²) in [5, 5.41) is 12.5. The van der Waals surface area contributed by atoms with Crippen LogP contribution >= 0.6 is 0 Å². The molecule has 0 unspecified atom stereocenters. The van der Waals surface area contributed by atoms with Gasteiger partial charge in [-0.15, -0.1) is 0 Å². The van der Waals surface area contributed by atoms with Crippen molar-refractivity contribution in [2.45, 2.75) is 46.6 Å². The van der Waals surface area contributed by atoms with Gasteiger partial charge in [-0.3, -0.25) is 0 Å². The molecule has 0 aliphatic heterocycles. The summed E-state index contributed by atoms with van der Waals surface area (Å²) < 4.78 is 17.2. The summed E-state index contributed by atoms with van der Waals surface area (Å²) >= 11 is 0. The number of benzene rings is 1. The predicted octanol–water partition coefficient (Wildman–Crippen LogP) is 4.19. The number of ether oxygens (including phenoxy) is 2. The first-order chi connectivity index (χ1) is 13.8. The molecule has 7 heteroatoms. The average molecular weight is 401 g/mol. The monoisotopic (exact) mass is 400 g/mol. The molecule has 0 aliphatic carbocycles. The van der Waals surface area contributed by atoms with Gasteiger partial charge in [-0.25, -0.2) is 0 Å². The minimum Gasteiger partial charge on any atom is -0.493 e. The molecule has 7 nitrogen and oxygen atoms in total. The summed E-state index contributed by atoms with van der Waals surface area (Å²) in [7, 11) is 1.63. The van der Waals surface area contributed by atoms with Crippen LogP contribution in [0, 0.1) is 11.3 Å². The molecular weight excluding hydrogens is 368 g/mol. The second-order valence-electron chi connectivity index (χ2n) is 7.77. The van der Waals surface area contributed by atoms with E-state index >= 15 is 0 Å². The van der Waals surface area contributed by atoms with Crippen LogP contribution in [0.4, 0.5) is 5.88 Å². The van der Waals surface area contributed by atoms with Crippen LogP contribution in [-0.2, 0) is 12.0 Å². The molecule has 0 radical (unpaired) electrons. The minimum atomic E-state index is -0.266. The van der Waals surface area contributed by atoms with Crippen LogP contribution in [0.5, 0.6) is 11.5 Å². The minimum absolute atomic E-state index is 0.263. The summed E-state index contributed by atoms with van der Waals surface area (Å²) in [6.45, 7) is 14.2. The molecule has 0 amide bonds. The van der Waals surface area contributed by atoms with E-state index in [0.717, 1.165) is 25.2 Å². The lowest BCUT2D eigenvalue weighted by atomic mass is 9.97. The molecule has 2 aromatic rings. The molecule has 0 bridgehead atoms. The van der Waals surface area contributed by atoms with E-state index in [1.54, 1.807) is 7.11 Å². The molecule has 0 fully saturated rings. The smallest absolute Gasteiger partial charge is 0.232 e. The van der Waals surface area contributed by atoms with Crippen LogP contribution in [0.3, 0.4) is 0 Å². The van der Waals surface area contributed by atoms with Crippen molar-refractivity contribution >= 4 is 5.88 Å². The van der Waals surface area contributed by atoms with E-state index in [2.05, 4.69) is 35.1 Å². The van der Waals surface area contributed by atoms with Gasteiger partial charge in [0.25, 0.3) is 0 Å². The van der Waals surface area contributed by atoms with Gasteiger partial charge in [0.15, 0.2) is 11.5 Å². The largest absolute Gasteiger partial charge is 0.493 e. The molecule has 1 aromatic carbocycles. The van der Waals surface area contributed by atoms with Gasteiger partial charge in [0.05, 0.1) is 7.11 Å². The van der Waals surface area contributed by atoms with E-state index in [1.807, 2.05) is 39.0 Å². The number of nitriles is 1. The second-order valence-corrected chi connectivity index (χ2v) is 7.77. The maximum Gasteiger partial charge on any atom is 0.232 e. The number of oxazole rings is 1. The van der Waals surface area contributed by atoms with Gasteiger partial charge in [-0.05, 0) is 30.8 Å². The highest BCUT2D eigenvalue weighted by Gasteiger charge is 2.23. The van der Waals surface area contributed by atoms with Crippen molar-refractivity contribution in [3.8, 4) is 17.6 Å². The average Bonchev–Trinajstić information content (AvgIpc) is 3.13. The summed E-state index contributed by atoms with van der Waals surface area (Å²) in [6, 6.07) is 7.87. The van der Waals surface area contributed by atoms with E-state index in [4.69, 9.17) is 13.9 Å². The van der Waals surface area contributed by atoms with Crippen molar-refractivity contribution < 1.29 is 13.9 Å². The Balaban J connectivity index is 2.08. The Morgan fingerprint density at radius 3 is 2.52 bits per heavy atom. The molecule has 29 heavy (non-hydrogen) atoms. The third kappa shape index (κ3) is 6.13. The van der Waals surface area contributed by atoms with E-state index in [9.17, 15) is 5.26 Å². The second kappa shape index (κ2) is 10.2. The van der Waals surface area contributed by atoms with Gasteiger partial charge in [0.1, 0.15) is 12.7 Å². The number of anilines is 1. The van der Waals surface area contributed by atoms with Crippen LogP contribution in [-0.4, -0.2) is 43.2 Å². The Labute approximate surface area is 173 Å². The molecule has 0 saturated carbocycles. The molecule has 158 valence electrons. The van der Waals surface area contributed by atoms with Crippen molar-refractivity contribution in [1.82, 2.24) is 9.88 Å². The maximum absolute atomic E-state index is 9.34. The van der Waals surface area contributed by atoms with Crippen molar-refractivity contribution in [3.05, 3.63) is 35.3 Å². The van der Waals surface area contributed by atoms with Crippen LogP contribution in [0.15, 0.2) is 22.6 Å². The lowest BCUT2D eigenvalue weighted by molar-refractivity contribution is 0.217. The summed E-state index contributed by atoms with van der Waals surface area (Å²) in [6.07, 6.45) is 0. The Morgan fingerprint density at radius 1 is 1.21 bits per heavy atom. The fraction of sp³-hybridized carbons (Fsp3) is 0.545. The Kier molecular flexibility index (Phi) is 7.91. The third-order valence-corrected chi connectivity index (χ3v) is 4.62. The molecule has 1 heterocycles. The fourth-order valence-corrected chi connectivity index (χ4v) is 2.79. The van der Waals surface area contributed by atoms with Gasteiger partial charge in [0, 0.05) is 18.5 Å². The Hall–Kier alpha value is -2.72. The molecule has 0 saturated heterocycles. The van der Waals surface area contributed by atoms with Gasteiger partial charge in [0.2, 0.25) is 17.5 Å². The van der Waals surface area contributed by atoms with Gasteiger partial charge in [-0.1, -0.05) is 40.7 Å². The van der Waals surface area contributed by atoms with Gasteiger partial charge in [-0.2, -0.15) is 10.2 Å². The Morgan fingerprint density at radius 2 is 1.93 bits per heavy atom. The standard InChI is InChI=1S/C22H32N4O3/c1-7-26(8-2)11-12-28-19-13-16(9-10-18(19)27-6)15-24-20-17(14-23)25-21(29-20)22(3,4)5/h9-10,13,24H,7-8,11-12,15H2,1-6H3. The lowest BCUT2D eigenvalue weighted by Gasteiger charge is -2.19. The van der Waals surface area contributed by atoms with Crippen molar-refractivity contribution in [1.29, 1.82) is 5.26 Å². The number of likely N-dealkylation sites (N-methyl/N-ethyl adjacent to an activating group) is 1. The number of nitrogens with zero attached hydrogens (tertiary/aromatic N) is 3. The number of hydrogen-bond acceptors (Lipinski definition) is 7.